The molecule has 0 aromatic heterocycles. The molecule has 3 aliphatic rings. The first kappa shape index (κ1) is 12.8. The van der Waals surface area contributed by atoms with Gasteiger partial charge in [-0.05, 0) is 25.0 Å². The number of ether oxygens (including phenoxy) is 1. The molecule has 0 aliphatic heterocycles. The van der Waals surface area contributed by atoms with Gasteiger partial charge in [0.1, 0.15) is 0 Å². The Morgan fingerprint density at radius 3 is 2.78 bits per heavy atom. The van der Waals surface area contributed by atoms with Crippen molar-refractivity contribution in [1.29, 1.82) is 0 Å². The van der Waals surface area contributed by atoms with Gasteiger partial charge in [-0.25, -0.2) is 0 Å². The van der Waals surface area contributed by atoms with E-state index in [1.807, 2.05) is 31.2 Å². The minimum Gasteiger partial charge on any atom is -0.466 e. The van der Waals surface area contributed by atoms with E-state index in [1.165, 1.54) is 0 Å². The van der Waals surface area contributed by atoms with Crippen molar-refractivity contribution in [3.63, 3.8) is 0 Å². The lowest BCUT2D eigenvalue weighted by Gasteiger charge is -2.28. The number of hydrogen-bond donors (Lipinski definition) is 0. The molecule has 0 fully saturated rings. The lowest BCUT2D eigenvalue weighted by Crippen LogP contribution is -2.31. The maximum Gasteiger partial charge on any atom is 0.314 e. The summed E-state index contributed by atoms with van der Waals surface area (Å²) in [6, 6.07) is 0. The van der Waals surface area contributed by atoms with Crippen LogP contribution in [-0.2, 0) is 14.3 Å². The SMILES string of the molecule is CC/C=C1/[C@H]2C=C[C@H](C=CC2=O)[C@H]1C(=O)OCC. The van der Waals surface area contributed by atoms with Crippen LogP contribution < -0.4 is 0 Å². The molecule has 18 heavy (non-hydrogen) atoms. The van der Waals surface area contributed by atoms with Crippen LogP contribution >= 0.6 is 0 Å². The Hall–Kier alpha value is -1.64. The highest BCUT2D eigenvalue weighted by Crippen LogP contribution is 2.39. The topological polar surface area (TPSA) is 43.4 Å². The van der Waals surface area contributed by atoms with Gasteiger partial charge in [-0.15, -0.1) is 0 Å². The highest BCUT2D eigenvalue weighted by atomic mass is 16.5. The van der Waals surface area contributed by atoms with E-state index in [-0.39, 0.29) is 29.5 Å². The van der Waals surface area contributed by atoms with Crippen LogP contribution in [0, 0.1) is 17.8 Å². The fourth-order valence-electron chi connectivity index (χ4n) is 2.64. The molecular formula is C15H18O3. The van der Waals surface area contributed by atoms with E-state index in [2.05, 4.69) is 0 Å². The predicted octanol–water partition coefficient (Wildman–Crippen LogP) is 2.44. The molecule has 3 aliphatic carbocycles. The molecule has 0 aromatic carbocycles. The molecule has 0 unspecified atom stereocenters. The molecule has 0 aromatic rings. The van der Waals surface area contributed by atoms with Gasteiger partial charge in [-0.2, -0.15) is 0 Å². The average Bonchev–Trinajstić information content (AvgIpc) is 2.60. The summed E-state index contributed by atoms with van der Waals surface area (Å²) in [5, 5.41) is 0. The minimum atomic E-state index is -0.331. The summed E-state index contributed by atoms with van der Waals surface area (Å²) in [5.41, 5.74) is 0.901. The normalized spacial score (nSPS) is 31.8. The van der Waals surface area contributed by atoms with Crippen molar-refractivity contribution < 1.29 is 14.3 Å². The van der Waals surface area contributed by atoms with Crippen LogP contribution in [0.3, 0.4) is 0 Å². The maximum absolute atomic E-state index is 12.1. The molecule has 3 rings (SSSR count). The average molecular weight is 246 g/mol. The van der Waals surface area contributed by atoms with Gasteiger partial charge in [-0.3, -0.25) is 9.59 Å². The van der Waals surface area contributed by atoms with E-state index >= 15 is 0 Å². The first-order chi connectivity index (χ1) is 8.69. The predicted molar refractivity (Wildman–Crippen MR) is 68.8 cm³/mol. The molecule has 3 nitrogen and oxygen atoms in total. The smallest absolute Gasteiger partial charge is 0.314 e. The van der Waals surface area contributed by atoms with Crippen molar-refractivity contribution in [3.05, 3.63) is 36.0 Å². The Labute approximate surface area is 107 Å². The molecule has 3 atom stereocenters. The monoisotopic (exact) mass is 246 g/mol. The standard InChI is InChI=1S/C15H18O3/c1-3-5-12-11-8-6-10(7-9-13(11)16)14(12)15(17)18-4-2/h5-11,14H,3-4H2,1-2H3/b12-5-/t10-,11-,14-/m1/s1. The summed E-state index contributed by atoms with van der Waals surface area (Å²) in [4.78, 5) is 24.0. The van der Waals surface area contributed by atoms with Gasteiger partial charge in [0.15, 0.2) is 5.78 Å². The number of fused-ring (bicyclic) bond motifs is 2. The van der Waals surface area contributed by atoms with Crippen LogP contribution in [0.25, 0.3) is 0 Å². The first-order valence-corrected chi connectivity index (χ1v) is 6.46. The molecule has 0 radical (unpaired) electrons. The zero-order valence-corrected chi connectivity index (χ0v) is 10.8. The molecule has 0 saturated carbocycles. The summed E-state index contributed by atoms with van der Waals surface area (Å²) in [5.74, 6) is -0.836. The number of carbonyl (C=O) groups is 2. The second-order valence-corrected chi connectivity index (χ2v) is 4.54. The Morgan fingerprint density at radius 2 is 2.11 bits per heavy atom. The van der Waals surface area contributed by atoms with Gasteiger partial charge in [0.2, 0.25) is 0 Å². The quantitative estimate of drug-likeness (QED) is 0.567. The van der Waals surface area contributed by atoms with Crippen LogP contribution in [0.15, 0.2) is 36.0 Å². The first-order valence-electron chi connectivity index (χ1n) is 6.46. The molecule has 96 valence electrons. The van der Waals surface area contributed by atoms with E-state index < -0.39 is 0 Å². The second-order valence-electron chi connectivity index (χ2n) is 4.54. The largest absolute Gasteiger partial charge is 0.466 e. The molecule has 2 bridgehead atoms. The van der Waals surface area contributed by atoms with Gasteiger partial charge in [0.25, 0.3) is 0 Å². The third-order valence-corrected chi connectivity index (χ3v) is 3.40. The van der Waals surface area contributed by atoms with Gasteiger partial charge >= 0.3 is 5.97 Å². The fraction of sp³-hybridized carbons (Fsp3) is 0.467. The van der Waals surface area contributed by atoms with Crippen LogP contribution in [0.1, 0.15) is 20.3 Å². The molecule has 3 heteroatoms. The van der Waals surface area contributed by atoms with E-state index in [0.29, 0.717) is 6.61 Å². The minimum absolute atomic E-state index is 0.0513. The van der Waals surface area contributed by atoms with Crippen LogP contribution in [0.5, 0.6) is 0 Å². The van der Waals surface area contributed by atoms with Crippen LogP contribution in [0.4, 0.5) is 0 Å². The third kappa shape index (κ3) is 2.17. The van der Waals surface area contributed by atoms with Crippen molar-refractivity contribution in [1.82, 2.24) is 0 Å². The third-order valence-electron chi connectivity index (χ3n) is 3.40. The van der Waals surface area contributed by atoms with Gasteiger partial charge in [0, 0.05) is 5.92 Å². The Balaban J connectivity index is 2.41. The summed E-state index contributed by atoms with van der Waals surface area (Å²) in [6.07, 6.45) is 10.1. The summed E-state index contributed by atoms with van der Waals surface area (Å²) in [6.45, 7) is 4.18. The van der Waals surface area contributed by atoms with Crippen molar-refractivity contribution in [3.8, 4) is 0 Å². The fourth-order valence-corrected chi connectivity index (χ4v) is 2.64. The number of carbonyl (C=O) groups excluding carboxylic acids is 2. The Morgan fingerprint density at radius 1 is 1.33 bits per heavy atom. The summed E-state index contributed by atoms with van der Waals surface area (Å²) < 4.78 is 5.14. The Kier molecular flexibility index (Phi) is 3.80. The van der Waals surface area contributed by atoms with Crippen molar-refractivity contribution in [2.75, 3.05) is 6.61 Å². The summed E-state index contributed by atoms with van der Waals surface area (Å²) >= 11 is 0. The lowest BCUT2D eigenvalue weighted by atomic mass is 9.75. The second kappa shape index (κ2) is 5.34. The zero-order chi connectivity index (χ0) is 13.1. The van der Waals surface area contributed by atoms with Crippen molar-refractivity contribution in [2.45, 2.75) is 20.3 Å². The molecule has 0 amide bonds. The van der Waals surface area contributed by atoms with Crippen molar-refractivity contribution >= 4 is 11.8 Å². The van der Waals surface area contributed by atoms with Crippen LogP contribution in [-0.4, -0.2) is 18.4 Å². The molecule has 0 heterocycles. The number of ketones is 1. The highest BCUT2D eigenvalue weighted by molar-refractivity contribution is 5.98. The maximum atomic E-state index is 12.1. The van der Waals surface area contributed by atoms with Crippen molar-refractivity contribution in [2.24, 2.45) is 17.8 Å². The summed E-state index contributed by atoms with van der Waals surface area (Å²) in [7, 11) is 0. The van der Waals surface area contributed by atoms with Gasteiger partial charge in [-0.1, -0.05) is 31.2 Å². The zero-order valence-electron chi connectivity index (χ0n) is 10.8. The molecule has 0 spiro atoms. The highest BCUT2D eigenvalue weighted by Gasteiger charge is 2.40. The molecule has 0 N–H and O–H groups in total. The van der Waals surface area contributed by atoms with Gasteiger partial charge in [0.05, 0.1) is 18.4 Å². The molecular weight excluding hydrogens is 228 g/mol. The van der Waals surface area contributed by atoms with E-state index in [4.69, 9.17) is 4.74 Å². The lowest BCUT2D eigenvalue weighted by molar-refractivity contribution is -0.147. The number of allylic oxidation sites excluding steroid dienone is 5. The molecule has 0 saturated heterocycles. The number of esters is 1. The number of rotatable bonds is 3. The Bertz CT molecular complexity index is 443. The van der Waals surface area contributed by atoms with Gasteiger partial charge < -0.3 is 4.74 Å². The van der Waals surface area contributed by atoms with E-state index in [9.17, 15) is 9.59 Å². The number of hydrogen-bond acceptors (Lipinski definition) is 3. The van der Waals surface area contributed by atoms with E-state index in [1.54, 1.807) is 13.0 Å². The van der Waals surface area contributed by atoms with Crippen LogP contribution in [0.2, 0.25) is 0 Å². The van der Waals surface area contributed by atoms with E-state index in [0.717, 1.165) is 12.0 Å².